The molecule has 4 heteroatoms. The third kappa shape index (κ3) is 3.59. The molecule has 1 saturated heterocycles. The zero-order valence-electron chi connectivity index (χ0n) is 14.2. The van der Waals surface area contributed by atoms with Gasteiger partial charge in [-0.05, 0) is 39.2 Å². The van der Waals surface area contributed by atoms with Gasteiger partial charge in [-0.3, -0.25) is 4.90 Å². The van der Waals surface area contributed by atoms with E-state index in [0.717, 1.165) is 56.7 Å². The van der Waals surface area contributed by atoms with Gasteiger partial charge in [-0.25, -0.2) is 4.79 Å². The lowest BCUT2D eigenvalue weighted by Crippen LogP contribution is -2.45. The largest absolute Gasteiger partial charge is 0.454 e. The Morgan fingerprint density at radius 2 is 2.09 bits per heavy atom. The molecule has 2 heterocycles. The number of hydrogen-bond acceptors (Lipinski definition) is 4. The van der Waals surface area contributed by atoms with Crippen molar-refractivity contribution in [2.24, 2.45) is 5.92 Å². The third-order valence-electron chi connectivity index (χ3n) is 5.27. The molecule has 0 aromatic carbocycles. The number of esters is 1. The van der Waals surface area contributed by atoms with Gasteiger partial charge in [-0.1, -0.05) is 23.8 Å². The number of morpholine rings is 1. The van der Waals surface area contributed by atoms with E-state index in [9.17, 15) is 4.79 Å². The Balaban J connectivity index is 1.88. The maximum absolute atomic E-state index is 12.1. The van der Waals surface area contributed by atoms with Gasteiger partial charge in [0, 0.05) is 30.6 Å². The molecular formula is C19H27NO3. The highest BCUT2D eigenvalue weighted by atomic mass is 16.5. The molecule has 3 atom stereocenters. The van der Waals surface area contributed by atoms with Gasteiger partial charge in [0.15, 0.2) is 0 Å². The maximum Gasteiger partial charge on any atom is 0.334 e. The van der Waals surface area contributed by atoms with Crippen LogP contribution in [0.5, 0.6) is 0 Å². The number of carbonyl (C=O) groups is 1. The van der Waals surface area contributed by atoms with Gasteiger partial charge in [-0.2, -0.15) is 0 Å². The summed E-state index contributed by atoms with van der Waals surface area (Å²) in [5.74, 6) is 0.0304. The van der Waals surface area contributed by atoms with Crippen molar-refractivity contribution in [3.05, 3.63) is 35.5 Å². The molecule has 3 rings (SSSR count). The van der Waals surface area contributed by atoms with Crippen molar-refractivity contribution in [3.8, 4) is 0 Å². The number of ether oxygens (including phenoxy) is 2. The first-order valence-electron chi connectivity index (χ1n) is 8.62. The second kappa shape index (κ2) is 7.02. The highest BCUT2D eigenvalue weighted by molar-refractivity contribution is 5.91. The molecule has 2 aliphatic heterocycles. The number of allylic oxidation sites excluding steroid dienone is 1. The van der Waals surface area contributed by atoms with Crippen molar-refractivity contribution < 1.29 is 14.3 Å². The van der Waals surface area contributed by atoms with Gasteiger partial charge in [0.25, 0.3) is 0 Å². The summed E-state index contributed by atoms with van der Waals surface area (Å²) in [5, 5.41) is 0. The average molecular weight is 317 g/mol. The SMILES string of the molecule is C=C(C)[C@@H]1C[C@@H](N2CCOCC2)C(C)=CCCC2=C[C@@H]1OC2=O. The van der Waals surface area contributed by atoms with E-state index in [4.69, 9.17) is 9.47 Å². The van der Waals surface area contributed by atoms with Crippen LogP contribution >= 0.6 is 0 Å². The van der Waals surface area contributed by atoms with E-state index in [-0.39, 0.29) is 18.0 Å². The van der Waals surface area contributed by atoms with Gasteiger partial charge in [0.05, 0.1) is 13.2 Å². The van der Waals surface area contributed by atoms with E-state index in [1.165, 1.54) is 5.57 Å². The second-order valence-electron chi connectivity index (χ2n) is 6.90. The van der Waals surface area contributed by atoms with Gasteiger partial charge >= 0.3 is 5.97 Å². The number of hydrogen-bond donors (Lipinski definition) is 0. The van der Waals surface area contributed by atoms with Crippen LogP contribution in [0.3, 0.4) is 0 Å². The van der Waals surface area contributed by atoms with E-state index < -0.39 is 0 Å². The molecule has 126 valence electrons. The molecule has 4 nitrogen and oxygen atoms in total. The standard InChI is InChI=1S/C19H27NO3/c1-13(2)16-12-17(20-7-9-22-10-8-20)14(3)5-4-6-15-11-18(16)23-19(15)21/h5,11,16-18H,1,4,6-10,12H2,2-3H3/t16-,17+,18-/m0/s1. The lowest BCUT2D eigenvalue weighted by molar-refractivity contribution is -0.141. The fraction of sp³-hybridized carbons (Fsp3) is 0.632. The Labute approximate surface area is 138 Å². The first-order chi connectivity index (χ1) is 11.1. The topological polar surface area (TPSA) is 38.8 Å². The van der Waals surface area contributed by atoms with Gasteiger partial charge < -0.3 is 9.47 Å². The molecule has 0 N–H and O–H groups in total. The summed E-state index contributed by atoms with van der Waals surface area (Å²) in [7, 11) is 0. The van der Waals surface area contributed by atoms with Crippen molar-refractivity contribution in [1.29, 1.82) is 0 Å². The number of nitrogens with zero attached hydrogens (tertiary/aromatic N) is 1. The summed E-state index contributed by atoms with van der Waals surface area (Å²) in [4.78, 5) is 14.6. The summed E-state index contributed by atoms with van der Waals surface area (Å²) >= 11 is 0. The van der Waals surface area contributed by atoms with Crippen LogP contribution in [0.15, 0.2) is 35.5 Å². The normalized spacial score (nSPS) is 32.8. The predicted molar refractivity (Wildman–Crippen MR) is 90.1 cm³/mol. The molecule has 0 amide bonds. The highest BCUT2D eigenvalue weighted by Crippen LogP contribution is 2.34. The smallest absolute Gasteiger partial charge is 0.334 e. The Kier molecular flexibility index (Phi) is 5.02. The van der Waals surface area contributed by atoms with Crippen LogP contribution in [-0.4, -0.2) is 49.3 Å². The number of rotatable bonds is 2. The molecule has 1 fully saturated rings. The molecule has 0 unspecified atom stereocenters. The summed E-state index contributed by atoms with van der Waals surface area (Å²) < 4.78 is 11.1. The summed E-state index contributed by atoms with van der Waals surface area (Å²) in [6.07, 6.45) is 6.79. The molecule has 0 saturated carbocycles. The molecule has 0 aromatic heterocycles. The minimum atomic E-state index is -0.149. The first kappa shape index (κ1) is 16.5. The number of fused-ring (bicyclic) bond motifs is 1. The highest BCUT2D eigenvalue weighted by Gasteiger charge is 2.35. The maximum atomic E-state index is 12.1. The van der Waals surface area contributed by atoms with Crippen molar-refractivity contribution in [3.63, 3.8) is 0 Å². The van der Waals surface area contributed by atoms with Crippen LogP contribution in [0.25, 0.3) is 0 Å². The molecule has 0 aromatic rings. The van der Waals surface area contributed by atoms with Crippen LogP contribution in [0.1, 0.15) is 33.1 Å². The fourth-order valence-electron chi connectivity index (χ4n) is 3.84. The van der Waals surface area contributed by atoms with E-state index >= 15 is 0 Å². The van der Waals surface area contributed by atoms with Crippen molar-refractivity contribution in [2.45, 2.75) is 45.3 Å². The molecule has 2 bridgehead atoms. The average Bonchev–Trinajstić information content (AvgIpc) is 2.88. The molecule has 23 heavy (non-hydrogen) atoms. The zero-order valence-corrected chi connectivity index (χ0v) is 14.2. The second-order valence-corrected chi connectivity index (χ2v) is 6.90. The van der Waals surface area contributed by atoms with Crippen LogP contribution in [0.4, 0.5) is 0 Å². The van der Waals surface area contributed by atoms with E-state index in [1.54, 1.807) is 0 Å². The molecular weight excluding hydrogens is 290 g/mol. The van der Waals surface area contributed by atoms with Crippen molar-refractivity contribution in [1.82, 2.24) is 4.90 Å². The molecule has 1 aliphatic carbocycles. The molecule has 0 spiro atoms. The lowest BCUT2D eigenvalue weighted by atomic mass is 9.84. The van der Waals surface area contributed by atoms with Crippen molar-refractivity contribution >= 4 is 5.97 Å². The minimum Gasteiger partial charge on any atom is -0.454 e. The Bertz CT molecular complexity index is 543. The first-order valence-corrected chi connectivity index (χ1v) is 8.62. The van der Waals surface area contributed by atoms with Crippen LogP contribution < -0.4 is 0 Å². The monoisotopic (exact) mass is 317 g/mol. The zero-order chi connectivity index (χ0) is 16.4. The van der Waals surface area contributed by atoms with E-state index in [2.05, 4.69) is 24.5 Å². The fourth-order valence-corrected chi connectivity index (χ4v) is 3.84. The van der Waals surface area contributed by atoms with E-state index in [1.807, 2.05) is 13.0 Å². The molecule has 3 aliphatic rings. The summed E-state index contributed by atoms with van der Waals surface area (Å²) in [6.45, 7) is 12.0. The lowest BCUT2D eigenvalue weighted by Gasteiger charge is -2.38. The van der Waals surface area contributed by atoms with Crippen LogP contribution in [-0.2, 0) is 14.3 Å². The Morgan fingerprint density at radius 1 is 1.35 bits per heavy atom. The van der Waals surface area contributed by atoms with Crippen LogP contribution in [0, 0.1) is 5.92 Å². The minimum absolute atomic E-state index is 0.142. The predicted octanol–water partition coefficient (Wildman–Crippen LogP) is 2.86. The number of carbonyl (C=O) groups excluding carboxylic acids is 1. The molecule has 0 radical (unpaired) electrons. The summed E-state index contributed by atoms with van der Waals surface area (Å²) in [5.41, 5.74) is 3.31. The van der Waals surface area contributed by atoms with Gasteiger partial charge in [0.1, 0.15) is 6.10 Å². The third-order valence-corrected chi connectivity index (χ3v) is 5.27. The quantitative estimate of drug-likeness (QED) is 0.580. The van der Waals surface area contributed by atoms with Gasteiger partial charge in [0.2, 0.25) is 0 Å². The van der Waals surface area contributed by atoms with E-state index in [0.29, 0.717) is 6.04 Å². The Hall–Kier alpha value is -1.39. The van der Waals surface area contributed by atoms with Gasteiger partial charge in [-0.15, -0.1) is 0 Å². The Morgan fingerprint density at radius 3 is 2.78 bits per heavy atom. The summed E-state index contributed by atoms with van der Waals surface area (Å²) in [6, 6.07) is 0.370. The van der Waals surface area contributed by atoms with Crippen molar-refractivity contribution in [2.75, 3.05) is 26.3 Å². The van der Waals surface area contributed by atoms with Crippen LogP contribution in [0.2, 0.25) is 0 Å².